The van der Waals surface area contributed by atoms with E-state index < -0.39 is 17.6 Å². The third-order valence-electron chi connectivity index (χ3n) is 5.98. The van der Waals surface area contributed by atoms with Crippen molar-refractivity contribution in [2.45, 2.75) is 19.6 Å². The number of anilines is 2. The summed E-state index contributed by atoms with van der Waals surface area (Å²) in [5, 5.41) is 5.56. The molecule has 36 heavy (non-hydrogen) atoms. The summed E-state index contributed by atoms with van der Waals surface area (Å²) in [5.74, 6) is -0.437. The van der Waals surface area contributed by atoms with E-state index in [4.69, 9.17) is 0 Å². The Bertz CT molecular complexity index is 1110. The quantitative estimate of drug-likeness (QED) is 0.439. The number of likely N-dealkylation sites (N-methyl/N-ethyl adjacent to an activating group) is 1. The summed E-state index contributed by atoms with van der Waals surface area (Å²) in [4.78, 5) is 16.6. The summed E-state index contributed by atoms with van der Waals surface area (Å²) in [5.41, 5.74) is 3.12. The minimum Gasteiger partial charge on any atom is -0.376 e. The minimum absolute atomic E-state index is 0.0837. The third kappa shape index (κ3) is 7.83. The molecule has 2 aromatic rings. The van der Waals surface area contributed by atoms with Gasteiger partial charge in [0.15, 0.2) is 0 Å². The van der Waals surface area contributed by atoms with Crippen LogP contribution in [-0.4, -0.2) is 55.5 Å². The number of halogens is 3. The highest BCUT2D eigenvalue weighted by Crippen LogP contribution is 2.34. The summed E-state index contributed by atoms with van der Waals surface area (Å²) < 4.78 is 41.3. The Kier molecular flexibility index (Phi) is 9.12. The highest BCUT2D eigenvalue weighted by atomic mass is 19.4. The fourth-order valence-corrected chi connectivity index (χ4v) is 4.00. The number of rotatable bonds is 9. The van der Waals surface area contributed by atoms with Crippen LogP contribution in [0.25, 0.3) is 5.57 Å². The Balaban J connectivity index is 1.62. The number of hydrogen-bond acceptors (Lipinski definition) is 4. The van der Waals surface area contributed by atoms with Crippen LogP contribution in [0.1, 0.15) is 23.6 Å². The maximum absolute atomic E-state index is 13.8. The predicted octanol–water partition coefficient (Wildman–Crippen LogP) is 5.65. The van der Waals surface area contributed by atoms with Gasteiger partial charge in [-0.25, -0.2) is 0 Å². The zero-order valence-corrected chi connectivity index (χ0v) is 20.8. The van der Waals surface area contributed by atoms with E-state index in [1.165, 1.54) is 12.1 Å². The van der Waals surface area contributed by atoms with E-state index in [0.29, 0.717) is 5.69 Å². The fraction of sp³-hybridized carbons (Fsp3) is 0.321. The second kappa shape index (κ2) is 12.1. The number of allylic oxidation sites excluding steroid dienone is 4. The van der Waals surface area contributed by atoms with E-state index in [-0.39, 0.29) is 24.3 Å². The van der Waals surface area contributed by atoms with Gasteiger partial charge >= 0.3 is 6.18 Å². The van der Waals surface area contributed by atoms with Gasteiger partial charge in [0.1, 0.15) is 0 Å². The van der Waals surface area contributed by atoms with E-state index in [0.717, 1.165) is 49.0 Å². The highest BCUT2D eigenvalue weighted by Gasteiger charge is 2.34. The SMILES string of the molecule is C=CC(=CC(=C)C)c1ccc(NCC(=O)Nc2ccc(CN3CCN(C)CC3)c(C(F)(F)F)c2)cc1. The Morgan fingerprint density at radius 2 is 1.69 bits per heavy atom. The zero-order chi connectivity index (χ0) is 26.3. The van der Waals surface area contributed by atoms with Crippen molar-refractivity contribution in [1.82, 2.24) is 9.80 Å². The molecular weight excluding hydrogens is 465 g/mol. The summed E-state index contributed by atoms with van der Waals surface area (Å²) in [7, 11) is 2.00. The van der Waals surface area contributed by atoms with E-state index >= 15 is 0 Å². The lowest BCUT2D eigenvalue weighted by atomic mass is 10.0. The normalized spacial score (nSPS) is 15.4. The van der Waals surface area contributed by atoms with Crippen molar-refractivity contribution in [3.8, 4) is 0 Å². The first-order chi connectivity index (χ1) is 17.0. The van der Waals surface area contributed by atoms with Crippen LogP contribution in [0.2, 0.25) is 0 Å². The van der Waals surface area contributed by atoms with E-state index in [2.05, 4.69) is 28.7 Å². The van der Waals surface area contributed by atoms with Gasteiger partial charge < -0.3 is 15.5 Å². The highest BCUT2D eigenvalue weighted by molar-refractivity contribution is 5.94. The van der Waals surface area contributed by atoms with Gasteiger partial charge in [-0.05, 0) is 54.9 Å². The molecule has 0 saturated carbocycles. The fourth-order valence-electron chi connectivity index (χ4n) is 4.00. The average Bonchev–Trinajstić information content (AvgIpc) is 2.83. The molecule has 2 N–H and O–H groups in total. The van der Waals surface area contributed by atoms with Gasteiger partial charge in [0.05, 0.1) is 12.1 Å². The lowest BCUT2D eigenvalue weighted by molar-refractivity contribution is -0.138. The Morgan fingerprint density at radius 3 is 2.28 bits per heavy atom. The van der Waals surface area contributed by atoms with Crippen LogP contribution < -0.4 is 10.6 Å². The molecular formula is C28H33F3N4O. The van der Waals surface area contributed by atoms with Crippen LogP contribution in [0.15, 0.2) is 73.3 Å². The number of carbonyl (C=O) groups is 1. The third-order valence-corrected chi connectivity index (χ3v) is 5.98. The topological polar surface area (TPSA) is 47.6 Å². The number of nitrogens with zero attached hydrogens (tertiary/aromatic N) is 2. The van der Waals surface area contributed by atoms with Crippen molar-refractivity contribution < 1.29 is 18.0 Å². The monoisotopic (exact) mass is 498 g/mol. The van der Waals surface area contributed by atoms with Crippen LogP contribution >= 0.6 is 0 Å². The number of piperazine rings is 1. The molecule has 1 heterocycles. The Labute approximate surface area is 211 Å². The van der Waals surface area contributed by atoms with E-state index in [1.54, 1.807) is 6.08 Å². The van der Waals surface area contributed by atoms with Crippen LogP contribution in [0.3, 0.4) is 0 Å². The Morgan fingerprint density at radius 1 is 1.06 bits per heavy atom. The maximum Gasteiger partial charge on any atom is 0.416 e. The molecule has 1 saturated heterocycles. The van der Waals surface area contributed by atoms with Crippen molar-refractivity contribution in [3.05, 3.63) is 90.0 Å². The summed E-state index contributed by atoms with van der Waals surface area (Å²) in [6, 6.07) is 11.4. The van der Waals surface area contributed by atoms with Crippen LogP contribution in [-0.2, 0) is 17.5 Å². The average molecular weight is 499 g/mol. The van der Waals surface area contributed by atoms with Crippen molar-refractivity contribution in [2.75, 3.05) is 50.4 Å². The molecule has 1 aliphatic heterocycles. The first kappa shape index (κ1) is 27.2. The molecule has 0 atom stereocenters. The van der Waals surface area contributed by atoms with E-state index in [9.17, 15) is 18.0 Å². The van der Waals surface area contributed by atoms with Gasteiger partial charge in [0, 0.05) is 44.1 Å². The molecule has 0 radical (unpaired) electrons. The van der Waals surface area contributed by atoms with Crippen molar-refractivity contribution in [3.63, 3.8) is 0 Å². The van der Waals surface area contributed by atoms with Gasteiger partial charge in [-0.2, -0.15) is 13.2 Å². The summed E-state index contributed by atoms with van der Waals surface area (Å²) >= 11 is 0. The molecule has 5 nitrogen and oxygen atoms in total. The molecule has 3 rings (SSSR count). The number of amides is 1. The van der Waals surface area contributed by atoms with Gasteiger partial charge in [-0.15, -0.1) is 0 Å². The first-order valence-corrected chi connectivity index (χ1v) is 11.8. The van der Waals surface area contributed by atoms with Gasteiger partial charge in [-0.3, -0.25) is 9.69 Å². The molecule has 8 heteroatoms. The molecule has 0 unspecified atom stereocenters. The largest absolute Gasteiger partial charge is 0.416 e. The number of hydrogen-bond donors (Lipinski definition) is 2. The van der Waals surface area contributed by atoms with Gasteiger partial charge in [-0.1, -0.05) is 49.1 Å². The number of carbonyl (C=O) groups excluding carboxylic acids is 1. The first-order valence-electron chi connectivity index (χ1n) is 11.8. The molecule has 1 aliphatic rings. The lowest BCUT2D eigenvalue weighted by Gasteiger charge is -2.33. The van der Waals surface area contributed by atoms with E-state index in [1.807, 2.05) is 49.2 Å². The lowest BCUT2D eigenvalue weighted by Crippen LogP contribution is -2.44. The van der Waals surface area contributed by atoms with Gasteiger partial charge in [0.2, 0.25) is 5.91 Å². The molecule has 0 bridgehead atoms. The smallest absolute Gasteiger partial charge is 0.376 e. The minimum atomic E-state index is -4.51. The predicted molar refractivity (Wildman–Crippen MR) is 141 cm³/mol. The number of alkyl halides is 3. The molecule has 0 aromatic heterocycles. The van der Waals surface area contributed by atoms with Crippen LogP contribution in [0.5, 0.6) is 0 Å². The molecule has 0 spiro atoms. The molecule has 1 fully saturated rings. The second-order valence-corrected chi connectivity index (χ2v) is 9.08. The maximum atomic E-state index is 13.8. The molecule has 192 valence electrons. The second-order valence-electron chi connectivity index (χ2n) is 9.08. The molecule has 1 amide bonds. The standard InChI is InChI=1S/C28H33F3N4O/c1-5-21(16-20(2)3)22-6-9-24(10-7-22)32-18-27(36)33-25-11-8-23(26(17-25)28(29,30)31)19-35-14-12-34(4)13-15-35/h5-11,16-17,32H,1-2,12-15,18-19H2,3-4H3,(H,33,36). The summed E-state index contributed by atoms with van der Waals surface area (Å²) in [6.45, 7) is 12.8. The van der Waals surface area contributed by atoms with Gasteiger partial charge in [0.25, 0.3) is 0 Å². The molecule has 2 aromatic carbocycles. The Hall–Kier alpha value is -3.36. The molecule has 0 aliphatic carbocycles. The summed E-state index contributed by atoms with van der Waals surface area (Å²) in [6.07, 6.45) is -0.837. The van der Waals surface area contributed by atoms with Crippen LogP contribution in [0.4, 0.5) is 24.5 Å². The van der Waals surface area contributed by atoms with Crippen LogP contribution in [0, 0.1) is 0 Å². The number of benzene rings is 2. The number of nitrogens with one attached hydrogen (secondary N) is 2. The van der Waals surface area contributed by atoms with Crippen molar-refractivity contribution in [2.24, 2.45) is 0 Å². The van der Waals surface area contributed by atoms with Crippen molar-refractivity contribution in [1.29, 1.82) is 0 Å². The zero-order valence-electron chi connectivity index (χ0n) is 20.8. The van der Waals surface area contributed by atoms with Crippen molar-refractivity contribution >= 4 is 22.9 Å².